The van der Waals surface area contributed by atoms with E-state index in [4.69, 9.17) is 12.2 Å². The normalized spacial score (nSPS) is 11.3. The van der Waals surface area contributed by atoms with E-state index in [1.165, 1.54) is 15.7 Å². The van der Waals surface area contributed by atoms with Crippen LogP contribution in [0.2, 0.25) is 0 Å². The number of benzene rings is 2. The first kappa shape index (κ1) is 15.3. The molecular formula is C17H21NS2. The zero-order valence-corrected chi connectivity index (χ0v) is 14.1. The number of thiocarbonyl (C=S) groups is 1. The van der Waals surface area contributed by atoms with Crippen molar-refractivity contribution in [3.8, 4) is 0 Å². The second kappa shape index (κ2) is 6.59. The van der Waals surface area contributed by atoms with E-state index in [9.17, 15) is 0 Å². The molecule has 0 aromatic heterocycles. The molecule has 3 heteroatoms. The van der Waals surface area contributed by atoms with Crippen LogP contribution in [0.4, 0.5) is 0 Å². The summed E-state index contributed by atoms with van der Waals surface area (Å²) in [5.41, 5.74) is 0. The molecule has 106 valence electrons. The minimum Gasteiger partial charge on any atom is -0.352 e. The summed E-state index contributed by atoms with van der Waals surface area (Å²) in [5.74, 6) is 0. The lowest BCUT2D eigenvalue weighted by Gasteiger charge is -2.32. The Morgan fingerprint density at radius 3 is 2.15 bits per heavy atom. The summed E-state index contributed by atoms with van der Waals surface area (Å²) in [5, 5.41) is 2.54. The summed E-state index contributed by atoms with van der Waals surface area (Å²) >= 11 is 7.30. The van der Waals surface area contributed by atoms with Gasteiger partial charge in [-0.3, -0.25) is 0 Å². The molecule has 0 atom stereocenters. The van der Waals surface area contributed by atoms with Crippen molar-refractivity contribution in [3.63, 3.8) is 0 Å². The molecular weight excluding hydrogens is 282 g/mol. The van der Waals surface area contributed by atoms with Gasteiger partial charge in [-0.2, -0.15) is 0 Å². The number of rotatable bonds is 3. The Hall–Kier alpha value is -1.06. The Bertz CT molecular complexity index is 597. The molecule has 0 aliphatic heterocycles. The molecule has 0 fully saturated rings. The molecule has 0 aliphatic carbocycles. The first-order chi connectivity index (χ1) is 9.49. The molecule has 1 nitrogen and oxygen atoms in total. The predicted octanol–water partition coefficient (Wildman–Crippen LogP) is 5.34. The van der Waals surface area contributed by atoms with Crippen LogP contribution >= 0.6 is 24.0 Å². The van der Waals surface area contributed by atoms with Gasteiger partial charge in [0, 0.05) is 17.0 Å². The van der Waals surface area contributed by atoms with E-state index < -0.39 is 0 Å². The molecule has 2 aromatic rings. The molecule has 0 heterocycles. The summed E-state index contributed by atoms with van der Waals surface area (Å²) in [7, 11) is 0. The van der Waals surface area contributed by atoms with Crippen molar-refractivity contribution in [1.29, 1.82) is 0 Å². The lowest BCUT2D eigenvalue weighted by Crippen LogP contribution is -2.39. The maximum atomic E-state index is 5.62. The molecule has 0 bridgehead atoms. The first-order valence-electron chi connectivity index (χ1n) is 6.98. The summed E-state index contributed by atoms with van der Waals surface area (Å²) in [6.07, 6.45) is 0. The Balaban J connectivity index is 2.20. The van der Waals surface area contributed by atoms with Gasteiger partial charge in [0.15, 0.2) is 0 Å². The Kier molecular flexibility index (Phi) is 5.06. The molecule has 0 unspecified atom stereocenters. The van der Waals surface area contributed by atoms with Crippen LogP contribution < -0.4 is 0 Å². The van der Waals surface area contributed by atoms with E-state index in [0.29, 0.717) is 12.1 Å². The molecule has 2 rings (SSSR count). The standard InChI is InChI=1S/C17H21NS2/c1-12(2)18(13(3)4)17(19)20-16-10-9-14-7-5-6-8-15(14)11-16/h5-13H,1-4H3. The summed E-state index contributed by atoms with van der Waals surface area (Å²) < 4.78 is 0.949. The molecule has 2 aromatic carbocycles. The fourth-order valence-corrected chi connectivity index (χ4v) is 4.16. The van der Waals surface area contributed by atoms with Crippen molar-refractivity contribution in [2.75, 3.05) is 0 Å². The zero-order valence-electron chi connectivity index (χ0n) is 12.5. The van der Waals surface area contributed by atoms with Gasteiger partial charge >= 0.3 is 0 Å². The third kappa shape index (κ3) is 3.53. The van der Waals surface area contributed by atoms with Crippen molar-refractivity contribution in [3.05, 3.63) is 42.5 Å². The van der Waals surface area contributed by atoms with Gasteiger partial charge in [0.05, 0.1) is 0 Å². The van der Waals surface area contributed by atoms with Gasteiger partial charge in [0.2, 0.25) is 0 Å². The van der Waals surface area contributed by atoms with Crippen LogP contribution in [-0.4, -0.2) is 21.3 Å². The highest BCUT2D eigenvalue weighted by Gasteiger charge is 2.17. The van der Waals surface area contributed by atoms with Crippen molar-refractivity contribution in [2.24, 2.45) is 0 Å². The van der Waals surface area contributed by atoms with E-state index >= 15 is 0 Å². The van der Waals surface area contributed by atoms with Crippen LogP contribution in [0.25, 0.3) is 10.8 Å². The van der Waals surface area contributed by atoms with Gasteiger partial charge in [-0.05, 0) is 50.6 Å². The van der Waals surface area contributed by atoms with Crippen molar-refractivity contribution < 1.29 is 0 Å². The van der Waals surface area contributed by atoms with Crippen LogP contribution in [0.1, 0.15) is 27.7 Å². The molecule has 0 radical (unpaired) electrons. The van der Waals surface area contributed by atoms with Crippen LogP contribution in [0.5, 0.6) is 0 Å². The third-order valence-corrected chi connectivity index (χ3v) is 4.59. The van der Waals surface area contributed by atoms with Gasteiger partial charge in [-0.15, -0.1) is 0 Å². The van der Waals surface area contributed by atoms with E-state index in [1.54, 1.807) is 11.8 Å². The average molecular weight is 303 g/mol. The van der Waals surface area contributed by atoms with Crippen LogP contribution in [0.15, 0.2) is 47.4 Å². The zero-order chi connectivity index (χ0) is 14.7. The van der Waals surface area contributed by atoms with Gasteiger partial charge in [-0.25, -0.2) is 0 Å². The second-order valence-electron chi connectivity index (χ2n) is 5.47. The smallest absolute Gasteiger partial charge is 0.141 e. The maximum absolute atomic E-state index is 5.62. The van der Waals surface area contributed by atoms with E-state index in [1.807, 2.05) is 0 Å². The molecule has 0 spiro atoms. The van der Waals surface area contributed by atoms with Crippen LogP contribution in [0, 0.1) is 0 Å². The van der Waals surface area contributed by atoms with Crippen molar-refractivity contribution in [2.45, 2.75) is 44.7 Å². The molecule has 0 aliphatic rings. The minimum absolute atomic E-state index is 0.426. The predicted molar refractivity (Wildman–Crippen MR) is 94.5 cm³/mol. The van der Waals surface area contributed by atoms with E-state index in [0.717, 1.165) is 4.32 Å². The van der Waals surface area contributed by atoms with Crippen molar-refractivity contribution >= 4 is 39.1 Å². The highest BCUT2D eigenvalue weighted by Crippen LogP contribution is 2.27. The van der Waals surface area contributed by atoms with Gasteiger partial charge in [-0.1, -0.05) is 54.3 Å². The fraction of sp³-hybridized carbons (Fsp3) is 0.353. The number of thioether (sulfide) groups is 1. The fourth-order valence-electron chi connectivity index (χ4n) is 2.40. The lowest BCUT2D eigenvalue weighted by molar-refractivity contribution is 0.303. The van der Waals surface area contributed by atoms with E-state index in [-0.39, 0.29) is 0 Å². The highest BCUT2D eigenvalue weighted by atomic mass is 32.2. The number of hydrogen-bond acceptors (Lipinski definition) is 2. The average Bonchev–Trinajstić information content (AvgIpc) is 2.37. The van der Waals surface area contributed by atoms with Gasteiger partial charge < -0.3 is 4.90 Å². The van der Waals surface area contributed by atoms with Gasteiger partial charge in [0.25, 0.3) is 0 Å². The minimum atomic E-state index is 0.426. The third-order valence-electron chi connectivity index (χ3n) is 3.25. The first-order valence-corrected chi connectivity index (χ1v) is 8.20. The molecule has 0 saturated heterocycles. The number of fused-ring (bicyclic) bond motifs is 1. The maximum Gasteiger partial charge on any atom is 0.141 e. The largest absolute Gasteiger partial charge is 0.352 e. The van der Waals surface area contributed by atoms with Crippen LogP contribution in [0.3, 0.4) is 0 Å². The summed E-state index contributed by atoms with van der Waals surface area (Å²) in [6.45, 7) is 8.75. The Morgan fingerprint density at radius 1 is 0.950 bits per heavy atom. The number of nitrogens with zero attached hydrogens (tertiary/aromatic N) is 1. The SMILES string of the molecule is CC(C)N(C(=S)Sc1ccc2ccccc2c1)C(C)C. The Morgan fingerprint density at radius 2 is 1.55 bits per heavy atom. The molecule has 0 saturated carbocycles. The summed E-state index contributed by atoms with van der Waals surface area (Å²) in [4.78, 5) is 3.50. The molecule has 20 heavy (non-hydrogen) atoms. The monoisotopic (exact) mass is 303 g/mol. The number of hydrogen-bond donors (Lipinski definition) is 0. The Labute approximate surface area is 131 Å². The molecule has 0 amide bonds. The quantitative estimate of drug-likeness (QED) is 0.557. The topological polar surface area (TPSA) is 3.24 Å². The van der Waals surface area contributed by atoms with Gasteiger partial charge in [0.1, 0.15) is 4.32 Å². The lowest BCUT2D eigenvalue weighted by atomic mass is 10.1. The summed E-state index contributed by atoms with van der Waals surface area (Å²) in [6, 6.07) is 15.8. The highest BCUT2D eigenvalue weighted by molar-refractivity contribution is 8.22. The van der Waals surface area contributed by atoms with Crippen LogP contribution in [-0.2, 0) is 0 Å². The molecule has 0 N–H and O–H groups in total. The van der Waals surface area contributed by atoms with Crippen molar-refractivity contribution in [1.82, 2.24) is 4.90 Å². The second-order valence-corrected chi connectivity index (χ2v) is 7.18. The van der Waals surface area contributed by atoms with E-state index in [2.05, 4.69) is 75.1 Å².